The van der Waals surface area contributed by atoms with Crippen molar-refractivity contribution in [3.8, 4) is 5.75 Å². The van der Waals surface area contributed by atoms with Crippen LogP contribution in [-0.2, 0) is 18.3 Å². The summed E-state index contributed by atoms with van der Waals surface area (Å²) in [6.07, 6.45) is 2.11. The van der Waals surface area contributed by atoms with E-state index >= 15 is 0 Å². The van der Waals surface area contributed by atoms with Crippen molar-refractivity contribution < 1.29 is 9.53 Å². The molecule has 0 fully saturated rings. The monoisotopic (exact) mass is 259 g/mol. The van der Waals surface area contributed by atoms with Crippen LogP contribution in [0.15, 0.2) is 36.5 Å². The molecule has 2 rings (SSSR count). The van der Waals surface area contributed by atoms with Crippen LogP contribution in [0, 0.1) is 0 Å². The summed E-state index contributed by atoms with van der Waals surface area (Å²) in [5, 5.41) is 6.84. The lowest BCUT2D eigenvalue weighted by Crippen LogP contribution is -2.14. The molecule has 0 saturated heterocycles. The van der Waals surface area contributed by atoms with Gasteiger partial charge in [0.05, 0.1) is 13.0 Å². The Morgan fingerprint density at radius 2 is 2.05 bits per heavy atom. The zero-order valence-electron chi connectivity index (χ0n) is 11.1. The van der Waals surface area contributed by atoms with Crippen LogP contribution < -0.4 is 10.1 Å². The maximum Gasteiger partial charge on any atom is 0.229 e. The van der Waals surface area contributed by atoms with Gasteiger partial charge in [0, 0.05) is 19.3 Å². The quantitative estimate of drug-likeness (QED) is 0.893. The molecule has 0 aliphatic carbocycles. The predicted molar refractivity (Wildman–Crippen MR) is 73.2 cm³/mol. The first-order valence-corrected chi connectivity index (χ1v) is 6.18. The van der Waals surface area contributed by atoms with Gasteiger partial charge in [0.1, 0.15) is 5.75 Å². The summed E-state index contributed by atoms with van der Waals surface area (Å²) in [5.41, 5.74) is 0.942. The standard InChI is InChI=1S/C14H17N3O2/c1-3-19-12-6-4-11(5-7-12)10-14(18)15-13-8-9-17(2)16-13/h4-9H,3,10H2,1-2H3,(H,15,16,18). The second-order valence-corrected chi connectivity index (χ2v) is 4.18. The molecule has 1 aromatic heterocycles. The lowest BCUT2D eigenvalue weighted by Gasteiger charge is -2.05. The van der Waals surface area contributed by atoms with Crippen LogP contribution in [0.5, 0.6) is 5.75 Å². The smallest absolute Gasteiger partial charge is 0.229 e. The van der Waals surface area contributed by atoms with E-state index in [1.165, 1.54) is 0 Å². The van der Waals surface area contributed by atoms with Gasteiger partial charge in [-0.3, -0.25) is 9.48 Å². The van der Waals surface area contributed by atoms with E-state index in [0.29, 0.717) is 18.8 Å². The van der Waals surface area contributed by atoms with E-state index in [2.05, 4.69) is 10.4 Å². The lowest BCUT2D eigenvalue weighted by molar-refractivity contribution is -0.115. The van der Waals surface area contributed by atoms with Crippen molar-refractivity contribution >= 4 is 11.7 Å². The molecule has 0 spiro atoms. The van der Waals surface area contributed by atoms with Crippen LogP contribution in [0.3, 0.4) is 0 Å². The number of rotatable bonds is 5. The van der Waals surface area contributed by atoms with Gasteiger partial charge in [-0.05, 0) is 24.6 Å². The molecule has 1 aromatic carbocycles. The Hall–Kier alpha value is -2.30. The summed E-state index contributed by atoms with van der Waals surface area (Å²) in [6, 6.07) is 9.28. The molecule has 100 valence electrons. The highest BCUT2D eigenvalue weighted by molar-refractivity contribution is 5.91. The Bertz CT molecular complexity index is 546. The molecule has 0 aliphatic rings. The van der Waals surface area contributed by atoms with Gasteiger partial charge in [-0.1, -0.05) is 12.1 Å². The van der Waals surface area contributed by atoms with Gasteiger partial charge in [0.2, 0.25) is 5.91 Å². The number of aryl methyl sites for hydroxylation is 1. The minimum Gasteiger partial charge on any atom is -0.494 e. The highest BCUT2D eigenvalue weighted by atomic mass is 16.5. The zero-order chi connectivity index (χ0) is 13.7. The van der Waals surface area contributed by atoms with Crippen LogP contribution in [0.1, 0.15) is 12.5 Å². The van der Waals surface area contributed by atoms with Gasteiger partial charge in [0.25, 0.3) is 0 Å². The fourth-order valence-electron chi connectivity index (χ4n) is 1.72. The highest BCUT2D eigenvalue weighted by Gasteiger charge is 2.06. The minimum absolute atomic E-state index is 0.0807. The number of aromatic nitrogens is 2. The number of anilines is 1. The van der Waals surface area contributed by atoms with Crippen LogP contribution in [0.25, 0.3) is 0 Å². The van der Waals surface area contributed by atoms with Crippen LogP contribution >= 0.6 is 0 Å². The third-order valence-electron chi connectivity index (χ3n) is 2.58. The summed E-state index contributed by atoms with van der Waals surface area (Å²) < 4.78 is 7.00. The van der Waals surface area contributed by atoms with Gasteiger partial charge in [-0.15, -0.1) is 0 Å². The third-order valence-corrected chi connectivity index (χ3v) is 2.58. The number of hydrogen-bond donors (Lipinski definition) is 1. The zero-order valence-corrected chi connectivity index (χ0v) is 11.1. The Morgan fingerprint density at radius 1 is 1.32 bits per heavy atom. The highest BCUT2D eigenvalue weighted by Crippen LogP contribution is 2.13. The van der Waals surface area contributed by atoms with E-state index < -0.39 is 0 Å². The van der Waals surface area contributed by atoms with Gasteiger partial charge in [-0.2, -0.15) is 5.10 Å². The Labute approximate surface area is 112 Å². The summed E-state index contributed by atoms with van der Waals surface area (Å²) in [4.78, 5) is 11.8. The number of nitrogens with one attached hydrogen (secondary N) is 1. The van der Waals surface area contributed by atoms with E-state index in [0.717, 1.165) is 11.3 Å². The van der Waals surface area contributed by atoms with Crippen molar-refractivity contribution in [1.82, 2.24) is 9.78 Å². The average Bonchev–Trinajstić information content (AvgIpc) is 2.77. The fourth-order valence-corrected chi connectivity index (χ4v) is 1.72. The van der Waals surface area contributed by atoms with E-state index in [1.807, 2.05) is 38.2 Å². The summed E-state index contributed by atoms with van der Waals surface area (Å²) >= 11 is 0. The van der Waals surface area contributed by atoms with Gasteiger partial charge < -0.3 is 10.1 Å². The average molecular weight is 259 g/mol. The number of carbonyl (C=O) groups excluding carboxylic acids is 1. The fraction of sp³-hybridized carbons (Fsp3) is 0.286. The molecule has 5 nitrogen and oxygen atoms in total. The molecule has 0 atom stereocenters. The number of hydrogen-bond acceptors (Lipinski definition) is 3. The molecule has 1 heterocycles. The topological polar surface area (TPSA) is 56.1 Å². The molecular weight excluding hydrogens is 242 g/mol. The molecule has 19 heavy (non-hydrogen) atoms. The van der Waals surface area contributed by atoms with Gasteiger partial charge in [0.15, 0.2) is 5.82 Å². The second-order valence-electron chi connectivity index (χ2n) is 4.18. The molecule has 5 heteroatoms. The molecule has 0 unspecified atom stereocenters. The largest absolute Gasteiger partial charge is 0.494 e. The number of ether oxygens (including phenoxy) is 1. The second kappa shape index (κ2) is 6.04. The van der Waals surface area contributed by atoms with E-state index in [-0.39, 0.29) is 5.91 Å². The van der Waals surface area contributed by atoms with Gasteiger partial charge in [-0.25, -0.2) is 0 Å². The van der Waals surface area contributed by atoms with Crippen molar-refractivity contribution in [2.24, 2.45) is 7.05 Å². The molecule has 0 aliphatic heterocycles. The Balaban J connectivity index is 1.91. The number of carbonyl (C=O) groups is 1. The maximum absolute atomic E-state index is 11.8. The van der Waals surface area contributed by atoms with Crippen molar-refractivity contribution in [2.45, 2.75) is 13.3 Å². The Kier molecular flexibility index (Phi) is 4.18. The van der Waals surface area contributed by atoms with E-state index in [1.54, 1.807) is 16.9 Å². The summed E-state index contributed by atoms with van der Waals surface area (Å²) in [5.74, 6) is 1.30. The number of nitrogens with zero attached hydrogens (tertiary/aromatic N) is 2. The lowest BCUT2D eigenvalue weighted by atomic mass is 10.1. The van der Waals surface area contributed by atoms with Crippen molar-refractivity contribution in [3.63, 3.8) is 0 Å². The SMILES string of the molecule is CCOc1ccc(CC(=O)Nc2ccn(C)n2)cc1. The Morgan fingerprint density at radius 3 is 2.63 bits per heavy atom. The van der Waals surface area contributed by atoms with Gasteiger partial charge >= 0.3 is 0 Å². The van der Waals surface area contributed by atoms with Crippen molar-refractivity contribution in [3.05, 3.63) is 42.1 Å². The van der Waals surface area contributed by atoms with Crippen molar-refractivity contribution in [1.29, 1.82) is 0 Å². The van der Waals surface area contributed by atoms with Crippen LogP contribution in [0.4, 0.5) is 5.82 Å². The number of amides is 1. The summed E-state index contributed by atoms with van der Waals surface area (Å²) in [7, 11) is 1.81. The predicted octanol–water partition coefficient (Wildman–Crippen LogP) is 2.00. The van der Waals surface area contributed by atoms with E-state index in [9.17, 15) is 4.79 Å². The molecule has 1 N–H and O–H groups in total. The molecule has 0 bridgehead atoms. The molecule has 2 aromatic rings. The molecule has 0 saturated carbocycles. The molecular formula is C14H17N3O2. The van der Waals surface area contributed by atoms with Crippen molar-refractivity contribution in [2.75, 3.05) is 11.9 Å². The third kappa shape index (κ3) is 3.84. The maximum atomic E-state index is 11.8. The molecule has 1 amide bonds. The minimum atomic E-state index is -0.0807. The molecule has 0 radical (unpaired) electrons. The first kappa shape index (κ1) is 13.1. The first-order valence-electron chi connectivity index (χ1n) is 6.18. The summed E-state index contributed by atoms with van der Waals surface area (Å²) in [6.45, 7) is 2.58. The van der Waals surface area contributed by atoms with Crippen LogP contribution in [0.2, 0.25) is 0 Å². The first-order chi connectivity index (χ1) is 9.17. The van der Waals surface area contributed by atoms with E-state index in [4.69, 9.17) is 4.74 Å². The normalized spacial score (nSPS) is 10.2. The van der Waals surface area contributed by atoms with Crippen LogP contribution in [-0.4, -0.2) is 22.3 Å². The number of benzene rings is 1.